The highest BCUT2D eigenvalue weighted by molar-refractivity contribution is 7.98. The number of halogens is 2. The van der Waals surface area contributed by atoms with Crippen LogP contribution in [-0.2, 0) is 0 Å². The Morgan fingerprint density at radius 1 is 0.970 bits per heavy atom. The molecule has 0 bridgehead atoms. The molecule has 2 unspecified atom stereocenters. The number of methoxy groups -OCH3 is 1. The van der Waals surface area contributed by atoms with Gasteiger partial charge in [0.05, 0.1) is 36.6 Å². The summed E-state index contributed by atoms with van der Waals surface area (Å²) in [6.07, 6.45) is 4.52. The van der Waals surface area contributed by atoms with Gasteiger partial charge in [0, 0.05) is 12.0 Å². The van der Waals surface area contributed by atoms with Crippen LogP contribution in [0, 0.1) is 17.6 Å². The lowest BCUT2D eigenvalue weighted by Gasteiger charge is -2.13. The fourth-order valence-electron chi connectivity index (χ4n) is 3.46. The second-order valence-electron chi connectivity index (χ2n) is 7.51. The molecular formula is C23H26F2N2O4S2. The van der Waals surface area contributed by atoms with Gasteiger partial charge >= 0.3 is 0 Å². The lowest BCUT2D eigenvalue weighted by molar-refractivity contribution is 0.0948. The third-order valence-electron chi connectivity index (χ3n) is 5.29. The standard InChI is InChI=1S/C23H26F2N2O4S2/c1-30-20-5-4-13(6-16(20)22(28)26-11-32-2)15-7-14(15)10-31-21-9-19(25)18(24)8-17(21)23(29)27-12-33-3/h4-6,8-9,14-15H,7,10-12H2,1-3H3,(H,26,28)(H,27,29). The number of nitrogens with one attached hydrogen (secondary N) is 2. The maximum Gasteiger partial charge on any atom is 0.255 e. The molecule has 2 aromatic carbocycles. The van der Waals surface area contributed by atoms with Crippen LogP contribution in [0.15, 0.2) is 30.3 Å². The van der Waals surface area contributed by atoms with Crippen molar-refractivity contribution >= 4 is 35.3 Å². The van der Waals surface area contributed by atoms with Gasteiger partial charge in [-0.25, -0.2) is 8.78 Å². The van der Waals surface area contributed by atoms with Gasteiger partial charge in [-0.2, -0.15) is 0 Å². The number of rotatable bonds is 11. The van der Waals surface area contributed by atoms with Crippen molar-refractivity contribution in [2.75, 3.05) is 38.0 Å². The first-order valence-corrected chi connectivity index (χ1v) is 13.0. The molecule has 0 aromatic heterocycles. The van der Waals surface area contributed by atoms with Crippen LogP contribution in [0.3, 0.4) is 0 Å². The van der Waals surface area contributed by atoms with Crippen molar-refractivity contribution in [2.24, 2.45) is 5.92 Å². The first-order valence-electron chi connectivity index (χ1n) is 10.2. The molecule has 2 amide bonds. The van der Waals surface area contributed by atoms with E-state index in [4.69, 9.17) is 9.47 Å². The maximum atomic E-state index is 13.8. The van der Waals surface area contributed by atoms with Gasteiger partial charge in [-0.05, 0) is 48.6 Å². The topological polar surface area (TPSA) is 76.7 Å². The van der Waals surface area contributed by atoms with E-state index in [0.717, 1.165) is 24.1 Å². The lowest BCUT2D eigenvalue weighted by Crippen LogP contribution is -2.24. The SMILES string of the molecule is COc1ccc(C2CC2COc2cc(F)c(F)cc2C(=O)NCSC)cc1C(=O)NCSC. The van der Waals surface area contributed by atoms with Crippen LogP contribution in [0.25, 0.3) is 0 Å². The summed E-state index contributed by atoms with van der Waals surface area (Å²) in [7, 11) is 1.52. The molecule has 33 heavy (non-hydrogen) atoms. The number of ether oxygens (including phenoxy) is 2. The molecule has 178 valence electrons. The summed E-state index contributed by atoms with van der Waals surface area (Å²) in [5.41, 5.74) is 1.39. The highest BCUT2D eigenvalue weighted by Crippen LogP contribution is 2.48. The minimum atomic E-state index is -1.11. The Morgan fingerprint density at radius 2 is 1.58 bits per heavy atom. The Labute approximate surface area is 200 Å². The summed E-state index contributed by atoms with van der Waals surface area (Å²) in [5, 5.41) is 5.44. The fraction of sp³-hybridized carbons (Fsp3) is 0.391. The van der Waals surface area contributed by atoms with Crippen LogP contribution in [0.1, 0.15) is 38.6 Å². The molecule has 3 rings (SSSR count). The van der Waals surface area contributed by atoms with Gasteiger partial charge in [0.2, 0.25) is 0 Å². The number of hydrogen-bond acceptors (Lipinski definition) is 6. The molecule has 0 aliphatic heterocycles. The number of hydrogen-bond donors (Lipinski definition) is 2. The molecular weight excluding hydrogens is 470 g/mol. The van der Waals surface area contributed by atoms with E-state index >= 15 is 0 Å². The van der Waals surface area contributed by atoms with Gasteiger partial charge in [-0.15, -0.1) is 23.5 Å². The molecule has 1 saturated carbocycles. The van der Waals surface area contributed by atoms with E-state index in [-0.39, 0.29) is 35.7 Å². The van der Waals surface area contributed by atoms with Crippen LogP contribution >= 0.6 is 23.5 Å². The number of thioether (sulfide) groups is 2. The zero-order chi connectivity index (χ0) is 24.0. The summed E-state index contributed by atoms with van der Waals surface area (Å²) < 4.78 is 38.6. The Bertz CT molecular complexity index is 1020. The van der Waals surface area contributed by atoms with Crippen LogP contribution < -0.4 is 20.1 Å². The molecule has 6 nitrogen and oxygen atoms in total. The summed E-state index contributed by atoms with van der Waals surface area (Å²) in [6, 6.07) is 7.25. The van der Waals surface area contributed by atoms with E-state index in [1.807, 2.05) is 24.6 Å². The Morgan fingerprint density at radius 3 is 2.18 bits per heavy atom. The van der Waals surface area contributed by atoms with Crippen LogP contribution in [0.2, 0.25) is 0 Å². The van der Waals surface area contributed by atoms with E-state index < -0.39 is 17.5 Å². The summed E-state index contributed by atoms with van der Waals surface area (Å²) in [6.45, 7) is 0.235. The van der Waals surface area contributed by atoms with Crippen LogP contribution in [0.4, 0.5) is 8.78 Å². The highest BCUT2D eigenvalue weighted by atomic mass is 32.2. The minimum Gasteiger partial charge on any atom is -0.496 e. The predicted molar refractivity (Wildman–Crippen MR) is 127 cm³/mol. The minimum absolute atomic E-state index is 0.00464. The third-order valence-corrected chi connectivity index (χ3v) is 6.16. The Kier molecular flexibility index (Phi) is 8.85. The average Bonchev–Trinajstić information content (AvgIpc) is 3.60. The third kappa shape index (κ3) is 6.32. The Balaban J connectivity index is 1.69. The van der Waals surface area contributed by atoms with Crippen LogP contribution in [-0.4, -0.2) is 49.8 Å². The second kappa shape index (κ2) is 11.6. The van der Waals surface area contributed by atoms with Crippen molar-refractivity contribution in [3.63, 3.8) is 0 Å². The van der Waals surface area contributed by atoms with Gasteiger partial charge < -0.3 is 20.1 Å². The first kappa shape index (κ1) is 25.2. The monoisotopic (exact) mass is 496 g/mol. The maximum absolute atomic E-state index is 13.8. The van der Waals surface area contributed by atoms with Crippen molar-refractivity contribution in [1.29, 1.82) is 0 Å². The molecule has 0 saturated heterocycles. The van der Waals surface area contributed by atoms with Crippen molar-refractivity contribution in [1.82, 2.24) is 10.6 Å². The second-order valence-corrected chi connectivity index (χ2v) is 9.25. The van der Waals surface area contributed by atoms with Gasteiger partial charge in [0.1, 0.15) is 11.5 Å². The van der Waals surface area contributed by atoms with E-state index in [2.05, 4.69) is 10.6 Å². The van der Waals surface area contributed by atoms with Gasteiger partial charge in [0.25, 0.3) is 11.8 Å². The summed E-state index contributed by atoms with van der Waals surface area (Å²) >= 11 is 2.90. The number of amides is 2. The zero-order valence-corrected chi connectivity index (χ0v) is 20.2. The molecule has 10 heteroatoms. The summed E-state index contributed by atoms with van der Waals surface area (Å²) in [5.74, 6) is -1.31. The first-order chi connectivity index (χ1) is 15.9. The number of benzene rings is 2. The molecule has 0 spiro atoms. The zero-order valence-electron chi connectivity index (χ0n) is 18.6. The highest BCUT2D eigenvalue weighted by Gasteiger charge is 2.39. The van der Waals surface area contributed by atoms with Crippen molar-refractivity contribution in [2.45, 2.75) is 12.3 Å². The van der Waals surface area contributed by atoms with Crippen molar-refractivity contribution in [3.05, 3.63) is 58.7 Å². The smallest absolute Gasteiger partial charge is 0.255 e. The van der Waals surface area contributed by atoms with E-state index in [1.165, 1.54) is 30.6 Å². The van der Waals surface area contributed by atoms with Gasteiger partial charge in [-0.1, -0.05) is 6.07 Å². The normalized spacial score (nSPS) is 16.8. The lowest BCUT2D eigenvalue weighted by atomic mass is 10.0. The molecule has 1 aliphatic carbocycles. The molecule has 2 aromatic rings. The van der Waals surface area contributed by atoms with E-state index in [1.54, 1.807) is 6.07 Å². The van der Waals surface area contributed by atoms with Crippen molar-refractivity contribution in [3.8, 4) is 11.5 Å². The van der Waals surface area contributed by atoms with E-state index in [0.29, 0.717) is 23.1 Å². The summed E-state index contributed by atoms with van der Waals surface area (Å²) in [4.78, 5) is 24.8. The molecule has 2 N–H and O–H groups in total. The van der Waals surface area contributed by atoms with Crippen molar-refractivity contribution < 1.29 is 27.8 Å². The number of carbonyl (C=O) groups excluding carboxylic acids is 2. The molecule has 0 heterocycles. The largest absolute Gasteiger partial charge is 0.496 e. The van der Waals surface area contributed by atoms with Crippen LogP contribution in [0.5, 0.6) is 11.5 Å². The van der Waals surface area contributed by atoms with Gasteiger partial charge in [0.15, 0.2) is 11.6 Å². The molecule has 0 radical (unpaired) electrons. The molecule has 1 fully saturated rings. The average molecular weight is 497 g/mol. The predicted octanol–water partition coefficient (Wildman–Crippen LogP) is 4.26. The van der Waals surface area contributed by atoms with Gasteiger partial charge in [-0.3, -0.25) is 9.59 Å². The molecule has 1 aliphatic rings. The van der Waals surface area contributed by atoms with E-state index in [9.17, 15) is 18.4 Å². The Hall–Kier alpha value is -2.46. The fourth-order valence-corrected chi connectivity index (χ4v) is 4.01. The molecule has 2 atom stereocenters. The quantitative estimate of drug-likeness (QED) is 0.453. The number of carbonyl (C=O) groups is 2.